The Hall–Kier alpha value is -1.94. The molecule has 0 aliphatic rings. The molecule has 0 saturated carbocycles. The Morgan fingerprint density at radius 2 is 2.21 bits per heavy atom. The second-order valence-electron chi connectivity index (χ2n) is 3.69. The van der Waals surface area contributed by atoms with Crippen molar-refractivity contribution >= 4 is 39.6 Å². The van der Waals surface area contributed by atoms with E-state index in [4.69, 9.17) is 10.6 Å². The van der Waals surface area contributed by atoms with Crippen LogP contribution >= 0.6 is 22.6 Å². The Bertz CT molecular complexity index is 728. The van der Waals surface area contributed by atoms with E-state index in [0.29, 0.717) is 22.7 Å². The number of fused-ring (bicyclic) bond motifs is 1. The zero-order chi connectivity index (χ0) is 13.2. The second-order valence-corrected chi connectivity index (χ2v) is 4.93. The Balaban J connectivity index is 2.06. The minimum absolute atomic E-state index is 0.261. The molecule has 0 aliphatic carbocycles. The molecule has 7 nitrogen and oxygen atoms in total. The number of hydrogen-bond donors (Lipinski definition) is 3. The van der Waals surface area contributed by atoms with Gasteiger partial charge in [0.15, 0.2) is 5.65 Å². The van der Waals surface area contributed by atoms with Gasteiger partial charge in [0.25, 0.3) is 0 Å². The number of H-pyrrole nitrogens is 1. The molecule has 0 fully saturated rings. The van der Waals surface area contributed by atoms with Crippen LogP contribution in [0.1, 0.15) is 0 Å². The number of ether oxygens (including phenoxy) is 1. The topological polar surface area (TPSA) is 102 Å². The van der Waals surface area contributed by atoms with Crippen LogP contribution in [0.3, 0.4) is 0 Å². The molecule has 3 rings (SSSR count). The van der Waals surface area contributed by atoms with Gasteiger partial charge in [-0.3, -0.25) is 10.5 Å². The first kappa shape index (κ1) is 12.1. The standard InChI is InChI=1S/C11H9IN6O/c12-6-2-1-3-7(4-6)19-10-8-5-14-18-9(8)15-11(16-10)17-13/h1-5H,13H2,(H2,14,15,16,17,18). The Morgan fingerprint density at radius 1 is 1.32 bits per heavy atom. The van der Waals surface area contributed by atoms with E-state index >= 15 is 0 Å². The zero-order valence-corrected chi connectivity index (χ0v) is 11.7. The molecule has 0 radical (unpaired) electrons. The molecule has 0 amide bonds. The molecule has 2 heterocycles. The van der Waals surface area contributed by atoms with E-state index in [2.05, 4.69) is 48.2 Å². The van der Waals surface area contributed by atoms with Crippen LogP contribution in [0.5, 0.6) is 11.6 Å². The van der Waals surface area contributed by atoms with Gasteiger partial charge in [-0.05, 0) is 40.8 Å². The first-order chi connectivity index (χ1) is 9.26. The van der Waals surface area contributed by atoms with E-state index in [-0.39, 0.29) is 5.95 Å². The summed E-state index contributed by atoms with van der Waals surface area (Å²) in [7, 11) is 0. The van der Waals surface area contributed by atoms with Crippen LogP contribution in [0.2, 0.25) is 0 Å². The van der Waals surface area contributed by atoms with Crippen molar-refractivity contribution in [2.45, 2.75) is 0 Å². The van der Waals surface area contributed by atoms with Gasteiger partial charge in [0.2, 0.25) is 11.8 Å². The van der Waals surface area contributed by atoms with Crippen molar-refractivity contribution in [1.82, 2.24) is 20.2 Å². The van der Waals surface area contributed by atoms with E-state index in [9.17, 15) is 0 Å². The smallest absolute Gasteiger partial charge is 0.242 e. The average molecular weight is 368 g/mol. The van der Waals surface area contributed by atoms with Crippen LogP contribution in [-0.4, -0.2) is 20.2 Å². The van der Waals surface area contributed by atoms with E-state index in [1.165, 1.54) is 0 Å². The summed E-state index contributed by atoms with van der Waals surface area (Å²) in [5, 5.41) is 7.37. The lowest BCUT2D eigenvalue weighted by Gasteiger charge is -2.07. The highest BCUT2D eigenvalue weighted by Crippen LogP contribution is 2.27. The third-order valence-electron chi connectivity index (χ3n) is 2.41. The molecule has 2 aromatic heterocycles. The van der Waals surface area contributed by atoms with Gasteiger partial charge in [0, 0.05) is 3.57 Å². The number of hydrazine groups is 1. The molecule has 3 aromatic rings. The molecule has 8 heteroatoms. The minimum atomic E-state index is 0.261. The summed E-state index contributed by atoms with van der Waals surface area (Å²) in [4.78, 5) is 8.31. The number of nitrogens with zero attached hydrogens (tertiary/aromatic N) is 3. The number of anilines is 1. The fourth-order valence-electron chi connectivity index (χ4n) is 1.59. The summed E-state index contributed by atoms with van der Waals surface area (Å²) in [5.41, 5.74) is 2.95. The van der Waals surface area contributed by atoms with Gasteiger partial charge in [0.05, 0.1) is 6.20 Å². The van der Waals surface area contributed by atoms with E-state index in [1.54, 1.807) is 6.20 Å². The summed E-state index contributed by atoms with van der Waals surface area (Å²) in [5.74, 6) is 6.68. The molecular formula is C11H9IN6O. The van der Waals surface area contributed by atoms with Crippen molar-refractivity contribution < 1.29 is 4.74 Å². The maximum Gasteiger partial charge on any atom is 0.242 e. The highest BCUT2D eigenvalue weighted by molar-refractivity contribution is 14.1. The molecule has 96 valence electrons. The molecular weight excluding hydrogens is 359 g/mol. The van der Waals surface area contributed by atoms with Crippen LogP contribution < -0.4 is 16.0 Å². The highest BCUT2D eigenvalue weighted by atomic mass is 127. The Labute approximate surface area is 121 Å². The zero-order valence-electron chi connectivity index (χ0n) is 9.59. The SMILES string of the molecule is NNc1nc(Oc2cccc(I)c2)c2cn[nH]c2n1. The van der Waals surface area contributed by atoms with Crippen molar-refractivity contribution in [2.24, 2.45) is 5.84 Å². The maximum atomic E-state index is 5.76. The highest BCUT2D eigenvalue weighted by Gasteiger charge is 2.11. The van der Waals surface area contributed by atoms with Gasteiger partial charge in [-0.25, -0.2) is 5.84 Å². The molecule has 4 N–H and O–H groups in total. The fourth-order valence-corrected chi connectivity index (χ4v) is 2.11. The van der Waals surface area contributed by atoms with E-state index < -0.39 is 0 Å². The first-order valence-corrected chi connectivity index (χ1v) is 6.45. The summed E-state index contributed by atoms with van der Waals surface area (Å²) >= 11 is 2.22. The number of rotatable bonds is 3. The monoisotopic (exact) mass is 368 g/mol. The molecule has 0 aliphatic heterocycles. The van der Waals surface area contributed by atoms with Crippen molar-refractivity contribution in [3.8, 4) is 11.6 Å². The molecule has 0 bridgehead atoms. The van der Waals surface area contributed by atoms with E-state index in [1.807, 2.05) is 24.3 Å². The quantitative estimate of drug-likeness (QED) is 0.372. The third-order valence-corrected chi connectivity index (χ3v) is 3.09. The lowest BCUT2D eigenvalue weighted by molar-refractivity contribution is 0.468. The predicted octanol–water partition coefficient (Wildman–Crippen LogP) is 2.04. The second kappa shape index (κ2) is 4.97. The first-order valence-electron chi connectivity index (χ1n) is 5.37. The van der Waals surface area contributed by atoms with Crippen LogP contribution in [0.4, 0.5) is 5.95 Å². The van der Waals surface area contributed by atoms with Crippen LogP contribution in [0, 0.1) is 3.57 Å². The summed E-state index contributed by atoms with van der Waals surface area (Å²) in [6.07, 6.45) is 1.61. The van der Waals surface area contributed by atoms with Gasteiger partial charge in [-0.2, -0.15) is 15.1 Å². The predicted molar refractivity (Wildman–Crippen MR) is 78.7 cm³/mol. The number of benzene rings is 1. The largest absolute Gasteiger partial charge is 0.438 e. The van der Waals surface area contributed by atoms with Crippen molar-refractivity contribution in [1.29, 1.82) is 0 Å². The summed E-state index contributed by atoms with van der Waals surface area (Å²) in [6, 6.07) is 7.65. The average Bonchev–Trinajstić information content (AvgIpc) is 2.87. The molecule has 0 spiro atoms. The molecule has 19 heavy (non-hydrogen) atoms. The Morgan fingerprint density at radius 3 is 3.00 bits per heavy atom. The molecule has 0 saturated heterocycles. The molecule has 0 atom stereocenters. The number of nitrogen functional groups attached to an aromatic ring is 1. The summed E-state index contributed by atoms with van der Waals surface area (Å²) in [6.45, 7) is 0. The number of halogens is 1. The maximum absolute atomic E-state index is 5.76. The van der Waals surface area contributed by atoms with E-state index in [0.717, 1.165) is 3.57 Å². The van der Waals surface area contributed by atoms with Crippen LogP contribution in [-0.2, 0) is 0 Å². The van der Waals surface area contributed by atoms with Gasteiger partial charge >= 0.3 is 0 Å². The minimum Gasteiger partial charge on any atom is -0.438 e. The number of aromatic amines is 1. The Kier molecular flexibility index (Phi) is 3.17. The number of hydrogen-bond acceptors (Lipinski definition) is 6. The number of aromatic nitrogens is 4. The lowest BCUT2D eigenvalue weighted by Crippen LogP contribution is -2.10. The molecule has 0 unspecified atom stereocenters. The molecule has 1 aromatic carbocycles. The van der Waals surface area contributed by atoms with Gasteiger partial charge < -0.3 is 4.74 Å². The number of nitrogens with one attached hydrogen (secondary N) is 2. The fraction of sp³-hybridized carbons (Fsp3) is 0. The number of nitrogens with two attached hydrogens (primary N) is 1. The van der Waals surface area contributed by atoms with Crippen molar-refractivity contribution in [3.05, 3.63) is 34.0 Å². The van der Waals surface area contributed by atoms with Crippen molar-refractivity contribution in [2.75, 3.05) is 5.43 Å². The normalized spacial score (nSPS) is 10.6. The third kappa shape index (κ3) is 2.44. The summed E-state index contributed by atoms with van der Waals surface area (Å²) < 4.78 is 6.84. The van der Waals surface area contributed by atoms with Gasteiger partial charge in [-0.15, -0.1) is 0 Å². The van der Waals surface area contributed by atoms with Gasteiger partial charge in [-0.1, -0.05) is 6.07 Å². The van der Waals surface area contributed by atoms with Crippen molar-refractivity contribution in [3.63, 3.8) is 0 Å². The lowest BCUT2D eigenvalue weighted by atomic mass is 10.3. The van der Waals surface area contributed by atoms with Crippen LogP contribution in [0.15, 0.2) is 30.5 Å². The van der Waals surface area contributed by atoms with Crippen LogP contribution in [0.25, 0.3) is 11.0 Å². The van der Waals surface area contributed by atoms with Gasteiger partial charge in [0.1, 0.15) is 11.1 Å².